The van der Waals surface area contributed by atoms with Gasteiger partial charge in [0.2, 0.25) is 0 Å². The normalized spacial score (nSPS) is 12.7. The summed E-state index contributed by atoms with van der Waals surface area (Å²) in [6, 6.07) is 0. The molecule has 0 amide bonds. The monoisotopic (exact) mass is 129 g/mol. The molecular weight excluding hydrogens is 114 g/mol. The summed E-state index contributed by atoms with van der Waals surface area (Å²) in [5, 5.41) is 6.62. The Morgan fingerprint density at radius 2 is 2.33 bits per heavy atom. The van der Waals surface area contributed by atoms with Gasteiger partial charge in [0.15, 0.2) is 6.40 Å². The number of ether oxygens (including phenoxy) is 1. The number of hydrogen-bond acceptors (Lipinski definition) is 2. The van der Waals surface area contributed by atoms with Crippen LogP contribution in [0.2, 0.25) is 0 Å². The molecule has 0 aromatic heterocycles. The van der Waals surface area contributed by atoms with Crippen LogP contribution in [0.5, 0.6) is 0 Å². The molecule has 0 rings (SSSR count). The van der Waals surface area contributed by atoms with Gasteiger partial charge in [-0.2, -0.15) is 0 Å². The average molecular weight is 129 g/mol. The molecule has 0 aliphatic rings. The van der Waals surface area contributed by atoms with Crippen molar-refractivity contribution in [3.8, 4) is 0 Å². The van der Waals surface area contributed by atoms with Gasteiger partial charge in [0, 0.05) is 0 Å². The molecule has 2 nitrogen and oxygen atoms in total. The Balaban J connectivity index is 3.04. The van der Waals surface area contributed by atoms with E-state index in [4.69, 9.17) is 10.1 Å². The van der Waals surface area contributed by atoms with Crippen LogP contribution in [0.4, 0.5) is 0 Å². The van der Waals surface area contributed by atoms with E-state index in [2.05, 4.69) is 6.92 Å². The zero-order chi connectivity index (χ0) is 7.11. The van der Waals surface area contributed by atoms with Crippen LogP contribution in [0.3, 0.4) is 0 Å². The first-order valence-electron chi connectivity index (χ1n) is 3.45. The van der Waals surface area contributed by atoms with Crippen molar-refractivity contribution < 1.29 is 4.74 Å². The van der Waals surface area contributed by atoms with Crippen LogP contribution in [0.25, 0.3) is 0 Å². The van der Waals surface area contributed by atoms with Crippen LogP contribution in [0.1, 0.15) is 33.1 Å². The lowest BCUT2D eigenvalue weighted by Crippen LogP contribution is -2.05. The van der Waals surface area contributed by atoms with Crippen molar-refractivity contribution in [1.29, 1.82) is 5.41 Å². The summed E-state index contributed by atoms with van der Waals surface area (Å²) in [5.41, 5.74) is 0. The summed E-state index contributed by atoms with van der Waals surface area (Å²) < 4.78 is 4.89. The standard InChI is InChI=1S/C7H15NO/c1-3-4-5-7(2)9-6-8/h6-8H,3-5H2,1-2H3. The van der Waals surface area contributed by atoms with Crippen LogP contribution in [-0.4, -0.2) is 12.5 Å². The Morgan fingerprint density at radius 3 is 2.78 bits per heavy atom. The van der Waals surface area contributed by atoms with Crippen molar-refractivity contribution in [2.75, 3.05) is 0 Å². The van der Waals surface area contributed by atoms with Gasteiger partial charge in [0.05, 0.1) is 6.10 Å². The lowest BCUT2D eigenvalue weighted by Gasteiger charge is -2.07. The minimum atomic E-state index is 0.224. The van der Waals surface area contributed by atoms with Gasteiger partial charge >= 0.3 is 0 Å². The first kappa shape index (κ1) is 8.47. The highest BCUT2D eigenvalue weighted by atomic mass is 16.5. The fourth-order valence-electron chi connectivity index (χ4n) is 0.676. The molecule has 0 radical (unpaired) electrons. The number of hydrogen-bond donors (Lipinski definition) is 1. The Kier molecular flexibility index (Phi) is 5.27. The van der Waals surface area contributed by atoms with E-state index in [9.17, 15) is 0 Å². The van der Waals surface area contributed by atoms with Crippen LogP contribution in [-0.2, 0) is 4.74 Å². The van der Waals surface area contributed by atoms with E-state index in [1.165, 1.54) is 12.8 Å². The predicted octanol–water partition coefficient (Wildman–Crippen LogP) is 2.19. The third-order valence-electron chi connectivity index (χ3n) is 1.26. The summed E-state index contributed by atoms with van der Waals surface area (Å²) >= 11 is 0. The zero-order valence-corrected chi connectivity index (χ0v) is 6.18. The predicted molar refractivity (Wildman–Crippen MR) is 38.9 cm³/mol. The Hall–Kier alpha value is -0.530. The maximum absolute atomic E-state index is 6.62. The van der Waals surface area contributed by atoms with E-state index in [1.54, 1.807) is 0 Å². The lowest BCUT2D eigenvalue weighted by atomic mass is 10.2. The molecule has 54 valence electrons. The smallest absolute Gasteiger partial charge is 0.167 e. The third kappa shape index (κ3) is 5.34. The second-order valence-corrected chi connectivity index (χ2v) is 2.21. The topological polar surface area (TPSA) is 33.1 Å². The van der Waals surface area contributed by atoms with Crippen LogP contribution >= 0.6 is 0 Å². The number of unbranched alkanes of at least 4 members (excludes halogenated alkanes) is 1. The third-order valence-corrected chi connectivity index (χ3v) is 1.26. The number of nitrogens with one attached hydrogen (secondary N) is 1. The SMILES string of the molecule is CCCCC(C)OC=N. The Bertz CT molecular complexity index is 73.3. The molecule has 0 heterocycles. The Labute approximate surface area is 56.7 Å². The molecule has 0 aromatic carbocycles. The molecule has 0 spiro atoms. The fourth-order valence-corrected chi connectivity index (χ4v) is 0.676. The van der Waals surface area contributed by atoms with Gasteiger partial charge in [-0.1, -0.05) is 19.8 Å². The van der Waals surface area contributed by atoms with Gasteiger partial charge in [0.25, 0.3) is 0 Å². The van der Waals surface area contributed by atoms with Gasteiger partial charge in [-0.15, -0.1) is 0 Å². The fraction of sp³-hybridized carbons (Fsp3) is 0.857. The van der Waals surface area contributed by atoms with Crippen molar-refractivity contribution in [3.63, 3.8) is 0 Å². The quantitative estimate of drug-likeness (QED) is 0.448. The van der Waals surface area contributed by atoms with Crippen molar-refractivity contribution in [2.24, 2.45) is 0 Å². The van der Waals surface area contributed by atoms with Gasteiger partial charge in [-0.05, 0) is 13.3 Å². The highest BCUT2D eigenvalue weighted by molar-refractivity contribution is 5.41. The summed E-state index contributed by atoms with van der Waals surface area (Å²) in [6.45, 7) is 4.14. The molecule has 1 atom stereocenters. The summed E-state index contributed by atoms with van der Waals surface area (Å²) in [6.07, 6.45) is 4.69. The van der Waals surface area contributed by atoms with Crippen LogP contribution in [0.15, 0.2) is 0 Å². The van der Waals surface area contributed by atoms with Crippen LogP contribution < -0.4 is 0 Å². The highest BCUT2D eigenvalue weighted by Gasteiger charge is 1.97. The van der Waals surface area contributed by atoms with E-state index in [1.807, 2.05) is 6.92 Å². The summed E-state index contributed by atoms with van der Waals surface area (Å²) in [5.74, 6) is 0. The maximum Gasteiger partial charge on any atom is 0.167 e. The van der Waals surface area contributed by atoms with Gasteiger partial charge < -0.3 is 4.74 Å². The number of rotatable bonds is 5. The largest absolute Gasteiger partial charge is 0.481 e. The average Bonchev–Trinajstić information content (AvgIpc) is 1.85. The van der Waals surface area contributed by atoms with Gasteiger partial charge in [-0.25, -0.2) is 0 Å². The van der Waals surface area contributed by atoms with E-state index in [0.29, 0.717) is 0 Å². The van der Waals surface area contributed by atoms with E-state index in [-0.39, 0.29) is 6.10 Å². The van der Waals surface area contributed by atoms with Crippen molar-refractivity contribution >= 4 is 6.40 Å². The van der Waals surface area contributed by atoms with Gasteiger partial charge in [0.1, 0.15) is 0 Å². The van der Waals surface area contributed by atoms with Crippen LogP contribution in [0, 0.1) is 5.41 Å². The van der Waals surface area contributed by atoms with Crippen molar-refractivity contribution in [1.82, 2.24) is 0 Å². The first-order chi connectivity index (χ1) is 4.31. The Morgan fingerprint density at radius 1 is 1.67 bits per heavy atom. The molecule has 0 aliphatic heterocycles. The van der Waals surface area contributed by atoms with Gasteiger partial charge in [-0.3, -0.25) is 5.41 Å². The molecule has 0 saturated carbocycles. The molecule has 1 unspecified atom stereocenters. The zero-order valence-electron chi connectivity index (χ0n) is 6.18. The molecule has 2 heteroatoms. The molecular formula is C7H15NO. The maximum atomic E-state index is 6.62. The minimum absolute atomic E-state index is 0.224. The molecule has 0 fully saturated rings. The molecule has 1 N–H and O–H groups in total. The molecule has 0 bridgehead atoms. The lowest BCUT2D eigenvalue weighted by molar-refractivity contribution is 0.204. The summed E-state index contributed by atoms with van der Waals surface area (Å²) in [7, 11) is 0. The second kappa shape index (κ2) is 5.60. The minimum Gasteiger partial charge on any atom is -0.481 e. The first-order valence-corrected chi connectivity index (χ1v) is 3.45. The molecule has 9 heavy (non-hydrogen) atoms. The summed E-state index contributed by atoms with van der Waals surface area (Å²) in [4.78, 5) is 0. The highest BCUT2D eigenvalue weighted by Crippen LogP contribution is 2.01. The second-order valence-electron chi connectivity index (χ2n) is 2.21. The molecule has 0 aliphatic carbocycles. The van der Waals surface area contributed by atoms with E-state index < -0.39 is 0 Å². The van der Waals surface area contributed by atoms with E-state index in [0.717, 1.165) is 12.8 Å². The van der Waals surface area contributed by atoms with Crippen molar-refractivity contribution in [3.05, 3.63) is 0 Å². The molecule has 0 aromatic rings. The van der Waals surface area contributed by atoms with E-state index >= 15 is 0 Å². The van der Waals surface area contributed by atoms with Crippen molar-refractivity contribution in [2.45, 2.75) is 39.2 Å². The molecule has 0 saturated heterocycles.